The van der Waals surface area contributed by atoms with E-state index in [9.17, 15) is 20.1 Å². The number of aromatic hydroxyl groups is 2. The van der Waals surface area contributed by atoms with Crippen LogP contribution < -0.4 is 4.74 Å². The molecule has 1 saturated carbocycles. The van der Waals surface area contributed by atoms with Crippen LogP contribution in [-0.2, 0) is 14.9 Å². The topological polar surface area (TPSA) is 96.2 Å². The molecule has 0 radical (unpaired) electrons. The van der Waals surface area contributed by atoms with E-state index in [0.717, 1.165) is 12.8 Å². The van der Waals surface area contributed by atoms with Crippen molar-refractivity contribution in [2.24, 2.45) is 11.3 Å². The van der Waals surface area contributed by atoms with E-state index in [1.165, 1.54) is 7.11 Å². The Morgan fingerprint density at radius 3 is 2.44 bits per heavy atom. The predicted molar refractivity (Wildman–Crippen MR) is 98.1 cm³/mol. The van der Waals surface area contributed by atoms with E-state index in [0.29, 0.717) is 28.9 Å². The number of carbonyl (C=O) groups is 1. The molecule has 2 bridgehead atoms. The van der Waals surface area contributed by atoms with Gasteiger partial charge in [-0.15, -0.1) is 0 Å². The normalized spacial score (nSPS) is 33.4. The number of aliphatic hydroxyl groups is 1. The minimum Gasteiger partial charge on any atom is -0.504 e. The molecule has 148 valence electrons. The van der Waals surface area contributed by atoms with Crippen LogP contribution in [0.5, 0.6) is 17.2 Å². The number of carbonyl (C=O) groups excluding carboxylic acids is 1. The molecule has 4 atom stereocenters. The monoisotopic (exact) mass is 376 g/mol. The Bertz CT molecular complexity index is 827. The molecule has 1 aliphatic heterocycles. The molecule has 1 heterocycles. The van der Waals surface area contributed by atoms with Crippen LogP contribution in [0.1, 0.15) is 75.7 Å². The van der Waals surface area contributed by atoms with Gasteiger partial charge in [0.05, 0.1) is 7.11 Å². The summed E-state index contributed by atoms with van der Waals surface area (Å²) in [6.45, 7) is 7.91. The summed E-state index contributed by atoms with van der Waals surface area (Å²) < 4.78 is 11.3. The largest absolute Gasteiger partial charge is 0.504 e. The van der Waals surface area contributed by atoms with Gasteiger partial charge in [0, 0.05) is 22.6 Å². The summed E-state index contributed by atoms with van der Waals surface area (Å²) in [5.74, 6) is -1.09. The lowest BCUT2D eigenvalue weighted by molar-refractivity contribution is -0.148. The molecule has 0 aromatic heterocycles. The number of phenolic OH excluding ortho intramolecular Hbond substituents is 2. The van der Waals surface area contributed by atoms with Gasteiger partial charge in [-0.2, -0.15) is 0 Å². The SMILES string of the molecule is COc1c(C(C)C)c(O)c(O)c2c1[C@H](O)[C@H]1OC(=O)[C@@]23CCCC(C)(C)[C@@H]13. The van der Waals surface area contributed by atoms with E-state index in [4.69, 9.17) is 9.47 Å². The minimum absolute atomic E-state index is 0.143. The number of hydrogen-bond acceptors (Lipinski definition) is 6. The Morgan fingerprint density at radius 1 is 1.19 bits per heavy atom. The zero-order valence-corrected chi connectivity index (χ0v) is 16.5. The molecule has 3 aliphatic rings. The van der Waals surface area contributed by atoms with Crippen LogP contribution in [0.2, 0.25) is 0 Å². The van der Waals surface area contributed by atoms with Crippen molar-refractivity contribution in [3.63, 3.8) is 0 Å². The van der Waals surface area contributed by atoms with Gasteiger partial charge in [-0.3, -0.25) is 4.79 Å². The molecule has 1 saturated heterocycles. The van der Waals surface area contributed by atoms with Gasteiger partial charge in [0.2, 0.25) is 0 Å². The quantitative estimate of drug-likeness (QED) is 0.542. The maximum absolute atomic E-state index is 13.1. The zero-order chi connectivity index (χ0) is 19.9. The van der Waals surface area contributed by atoms with Gasteiger partial charge in [0.25, 0.3) is 0 Å². The summed E-state index contributed by atoms with van der Waals surface area (Å²) >= 11 is 0. The van der Waals surface area contributed by atoms with Crippen LogP contribution in [-0.4, -0.2) is 34.5 Å². The number of fused-ring (bicyclic) bond motifs is 1. The minimum atomic E-state index is -1.11. The fourth-order valence-electron chi connectivity index (χ4n) is 6.07. The maximum atomic E-state index is 13.1. The van der Waals surface area contributed by atoms with Crippen molar-refractivity contribution in [3.05, 3.63) is 16.7 Å². The molecule has 1 aromatic carbocycles. The van der Waals surface area contributed by atoms with E-state index in [1.807, 2.05) is 13.8 Å². The number of hydrogen-bond donors (Lipinski definition) is 3. The van der Waals surface area contributed by atoms with Crippen LogP contribution in [0.25, 0.3) is 0 Å². The average Bonchev–Trinajstić information content (AvgIpc) is 2.85. The van der Waals surface area contributed by atoms with Crippen LogP contribution in [0, 0.1) is 11.3 Å². The van der Waals surface area contributed by atoms with Crippen LogP contribution in [0.15, 0.2) is 0 Å². The Morgan fingerprint density at radius 2 is 1.85 bits per heavy atom. The van der Waals surface area contributed by atoms with Gasteiger partial charge in [-0.05, 0) is 24.2 Å². The van der Waals surface area contributed by atoms with Crippen molar-refractivity contribution in [2.45, 2.75) is 70.5 Å². The molecule has 0 unspecified atom stereocenters. The van der Waals surface area contributed by atoms with Crippen molar-refractivity contribution in [1.82, 2.24) is 0 Å². The molecule has 2 aliphatic carbocycles. The summed E-state index contributed by atoms with van der Waals surface area (Å²) in [7, 11) is 1.48. The first-order valence-corrected chi connectivity index (χ1v) is 9.64. The Kier molecular flexibility index (Phi) is 3.77. The lowest BCUT2D eigenvalue weighted by atomic mass is 9.49. The van der Waals surface area contributed by atoms with Crippen LogP contribution >= 0.6 is 0 Å². The highest BCUT2D eigenvalue weighted by molar-refractivity contribution is 5.91. The van der Waals surface area contributed by atoms with E-state index < -0.39 is 23.6 Å². The zero-order valence-electron chi connectivity index (χ0n) is 16.5. The second-order valence-electron chi connectivity index (χ2n) is 9.19. The van der Waals surface area contributed by atoms with Gasteiger partial charge in [0.1, 0.15) is 23.4 Å². The van der Waals surface area contributed by atoms with Crippen molar-refractivity contribution < 1.29 is 29.6 Å². The molecule has 0 spiro atoms. The first-order chi connectivity index (χ1) is 12.6. The second-order valence-corrected chi connectivity index (χ2v) is 9.19. The van der Waals surface area contributed by atoms with Gasteiger partial charge >= 0.3 is 5.97 Å². The molecule has 27 heavy (non-hydrogen) atoms. The first-order valence-electron chi connectivity index (χ1n) is 9.64. The third kappa shape index (κ3) is 2.02. The molecule has 3 N–H and O–H groups in total. The summed E-state index contributed by atoms with van der Waals surface area (Å²) in [6, 6.07) is 0. The Labute approximate surface area is 159 Å². The smallest absolute Gasteiger partial charge is 0.317 e. The number of rotatable bonds is 2. The number of esters is 1. The number of methoxy groups -OCH3 is 1. The van der Waals surface area contributed by atoms with E-state index in [1.54, 1.807) is 0 Å². The average molecular weight is 376 g/mol. The lowest BCUT2D eigenvalue weighted by Crippen LogP contribution is -2.54. The van der Waals surface area contributed by atoms with Crippen molar-refractivity contribution in [2.75, 3.05) is 7.11 Å². The van der Waals surface area contributed by atoms with Crippen molar-refractivity contribution in [3.8, 4) is 17.2 Å². The molecule has 6 heteroatoms. The third-order valence-corrected chi connectivity index (χ3v) is 7.01. The van der Waals surface area contributed by atoms with Crippen molar-refractivity contribution in [1.29, 1.82) is 0 Å². The fourth-order valence-corrected chi connectivity index (χ4v) is 6.07. The Hall–Kier alpha value is -1.95. The highest BCUT2D eigenvalue weighted by atomic mass is 16.6. The fraction of sp³-hybridized carbons (Fsp3) is 0.667. The number of phenols is 2. The summed E-state index contributed by atoms with van der Waals surface area (Å²) in [5.41, 5.74) is -0.193. The van der Waals surface area contributed by atoms with E-state index >= 15 is 0 Å². The first kappa shape index (κ1) is 18.4. The summed E-state index contributed by atoms with van der Waals surface area (Å²) in [4.78, 5) is 13.1. The highest BCUT2D eigenvalue weighted by Crippen LogP contribution is 2.68. The Balaban J connectivity index is 2.13. The maximum Gasteiger partial charge on any atom is 0.317 e. The van der Waals surface area contributed by atoms with Gasteiger partial charge < -0.3 is 24.8 Å². The number of benzene rings is 1. The predicted octanol–water partition coefficient (Wildman–Crippen LogP) is 3.27. The highest BCUT2D eigenvalue weighted by Gasteiger charge is 2.70. The number of ether oxygens (including phenoxy) is 2. The second kappa shape index (κ2) is 5.53. The van der Waals surface area contributed by atoms with Gasteiger partial charge in [-0.1, -0.05) is 34.1 Å². The van der Waals surface area contributed by atoms with E-state index in [2.05, 4.69) is 13.8 Å². The molecule has 0 amide bonds. The van der Waals surface area contributed by atoms with E-state index in [-0.39, 0.29) is 28.7 Å². The molecule has 2 fully saturated rings. The molecule has 1 aromatic rings. The summed E-state index contributed by atoms with van der Waals surface area (Å²) in [5, 5.41) is 33.0. The third-order valence-electron chi connectivity index (χ3n) is 7.01. The molecule has 4 rings (SSSR count). The van der Waals surface area contributed by atoms with Gasteiger partial charge in [0.15, 0.2) is 11.5 Å². The van der Waals surface area contributed by atoms with Crippen LogP contribution in [0.3, 0.4) is 0 Å². The summed E-state index contributed by atoms with van der Waals surface area (Å²) in [6.07, 6.45) is 0.435. The lowest BCUT2D eigenvalue weighted by Gasteiger charge is -2.51. The molecular weight excluding hydrogens is 348 g/mol. The number of aliphatic hydroxyl groups excluding tert-OH is 1. The van der Waals surface area contributed by atoms with Crippen molar-refractivity contribution >= 4 is 5.97 Å². The van der Waals surface area contributed by atoms with Gasteiger partial charge in [-0.25, -0.2) is 0 Å². The standard InChI is InChI=1S/C21H28O6/c1-9(2)10-13(22)15(24)12-11(16(10)26-5)14(23)17-18-20(3,4)7-6-8-21(12,18)19(25)27-17/h9,14,17-18,22-24H,6-8H2,1-5H3/t14-,17+,18+,21-/m0/s1. The molecular formula is C21H28O6. The van der Waals surface area contributed by atoms with Crippen LogP contribution in [0.4, 0.5) is 0 Å². The molecule has 6 nitrogen and oxygen atoms in total.